The Morgan fingerprint density at radius 1 is 1.32 bits per heavy atom. The fourth-order valence-corrected chi connectivity index (χ4v) is 2.82. The molecule has 102 valence electrons. The summed E-state index contributed by atoms with van der Waals surface area (Å²) in [6.45, 7) is 0. The molecule has 8 heteroatoms. The maximum absolute atomic E-state index is 14.0. The molecule has 3 heterocycles. The Hall–Kier alpha value is -0.750. The number of hydrogen-bond donors (Lipinski definition) is 2. The molecule has 4 nitrogen and oxygen atoms in total. The van der Waals surface area contributed by atoms with Gasteiger partial charge in [-0.25, -0.2) is 9.37 Å². The lowest BCUT2D eigenvalue weighted by molar-refractivity contribution is 0.571. The van der Waals surface area contributed by atoms with Gasteiger partial charge in [-0.15, -0.1) is 11.6 Å². The summed E-state index contributed by atoms with van der Waals surface area (Å²) in [5, 5.41) is 6.52. The predicted octanol–water partition coefficient (Wildman–Crippen LogP) is 0.865. The summed E-state index contributed by atoms with van der Waals surface area (Å²) in [6, 6.07) is 1.77. The minimum Gasteiger partial charge on any atom is -0.369 e. The van der Waals surface area contributed by atoms with E-state index in [4.69, 9.17) is 34.8 Å². The highest BCUT2D eigenvalue weighted by molar-refractivity contribution is 6.25. The van der Waals surface area contributed by atoms with Gasteiger partial charge in [0.05, 0.1) is 0 Å². The standard InChI is InChI=1S/C11H10Cl3FN4/c1-19-10-5(8(12)18-11(19)14)2-4-3-16-9(13)6(15)7(4)17-10/h2-3,8-9,11,16,18H,1H3. The zero-order chi connectivity index (χ0) is 13.7. The van der Waals surface area contributed by atoms with Crippen molar-refractivity contribution in [2.75, 3.05) is 11.9 Å². The molecule has 0 amide bonds. The third-order valence-corrected chi connectivity index (χ3v) is 4.22. The van der Waals surface area contributed by atoms with Gasteiger partial charge in [-0.05, 0) is 6.07 Å². The summed E-state index contributed by atoms with van der Waals surface area (Å²) in [6.07, 6.45) is 1.62. The topological polar surface area (TPSA) is 40.2 Å². The molecule has 1 aromatic rings. The Kier molecular flexibility index (Phi) is 3.25. The molecule has 0 saturated carbocycles. The molecule has 0 spiro atoms. The van der Waals surface area contributed by atoms with Crippen LogP contribution in [0, 0.1) is 0 Å². The van der Waals surface area contributed by atoms with Crippen molar-refractivity contribution in [2.45, 2.75) is 16.6 Å². The van der Waals surface area contributed by atoms with Crippen LogP contribution in [0.15, 0.2) is 6.07 Å². The zero-order valence-corrected chi connectivity index (χ0v) is 12.1. The van der Waals surface area contributed by atoms with Gasteiger partial charge < -0.3 is 10.2 Å². The van der Waals surface area contributed by atoms with Gasteiger partial charge in [0.2, 0.25) is 0 Å². The number of nitrogens with zero attached hydrogens (tertiary/aromatic N) is 2. The van der Waals surface area contributed by atoms with Crippen molar-refractivity contribution in [3.63, 3.8) is 0 Å². The number of rotatable bonds is 0. The van der Waals surface area contributed by atoms with Crippen molar-refractivity contribution in [3.05, 3.63) is 22.2 Å². The predicted molar refractivity (Wildman–Crippen MR) is 75.0 cm³/mol. The first-order chi connectivity index (χ1) is 8.99. The third-order valence-electron chi connectivity index (χ3n) is 3.13. The van der Waals surface area contributed by atoms with E-state index in [9.17, 15) is 4.39 Å². The monoisotopic (exact) mass is 322 g/mol. The lowest BCUT2D eigenvalue weighted by Crippen LogP contribution is -2.49. The van der Waals surface area contributed by atoms with E-state index >= 15 is 0 Å². The normalized spacial score (nSPS) is 29.2. The number of fused-ring (bicyclic) bond motifs is 2. The Bertz CT molecular complexity index is 650. The largest absolute Gasteiger partial charge is 0.369 e. The average Bonchev–Trinajstić information content (AvgIpc) is 2.39. The van der Waals surface area contributed by atoms with Crippen LogP contribution in [0.3, 0.4) is 0 Å². The van der Waals surface area contributed by atoms with Gasteiger partial charge in [0.25, 0.3) is 0 Å². The van der Waals surface area contributed by atoms with Crippen LogP contribution in [0.4, 0.5) is 10.2 Å². The van der Waals surface area contributed by atoms with E-state index in [1.807, 2.05) is 0 Å². The van der Waals surface area contributed by atoms with E-state index in [1.165, 1.54) is 0 Å². The van der Waals surface area contributed by atoms with Crippen molar-refractivity contribution >= 4 is 52.6 Å². The van der Waals surface area contributed by atoms with Crippen LogP contribution in [0.25, 0.3) is 12.0 Å². The first-order valence-corrected chi connectivity index (χ1v) is 6.88. The summed E-state index contributed by atoms with van der Waals surface area (Å²) in [5.74, 6) is 0.0398. The molecule has 2 aliphatic heterocycles. The molecule has 2 aliphatic rings. The fourth-order valence-electron chi connectivity index (χ4n) is 2.09. The Labute approximate surface area is 123 Å². The van der Waals surface area contributed by atoms with Crippen LogP contribution in [0.5, 0.6) is 0 Å². The molecule has 0 aliphatic carbocycles. The number of anilines is 1. The summed E-state index contributed by atoms with van der Waals surface area (Å²) < 4.78 is 14.0. The van der Waals surface area contributed by atoms with Gasteiger partial charge in [0.1, 0.15) is 16.7 Å². The molecule has 0 bridgehead atoms. The highest BCUT2D eigenvalue weighted by atomic mass is 35.5. The SMILES string of the molecule is CN1c2nc3c(cc2C(Cl)NC1Cl)=CNC(Cl)C=3F. The smallest absolute Gasteiger partial charge is 0.164 e. The summed E-state index contributed by atoms with van der Waals surface area (Å²) in [4.78, 5) is 6.01. The van der Waals surface area contributed by atoms with Gasteiger partial charge >= 0.3 is 0 Å². The average molecular weight is 324 g/mol. The van der Waals surface area contributed by atoms with Crippen LogP contribution in [-0.2, 0) is 0 Å². The first-order valence-electron chi connectivity index (χ1n) is 5.57. The first kappa shape index (κ1) is 13.2. The molecule has 3 atom stereocenters. The lowest BCUT2D eigenvalue weighted by atomic mass is 10.1. The molecule has 3 unspecified atom stereocenters. The highest BCUT2D eigenvalue weighted by Gasteiger charge is 2.29. The zero-order valence-electron chi connectivity index (χ0n) is 9.79. The van der Waals surface area contributed by atoms with Gasteiger partial charge in [0.15, 0.2) is 17.0 Å². The number of aromatic nitrogens is 1. The molecule has 0 fully saturated rings. The van der Waals surface area contributed by atoms with Crippen LogP contribution < -0.4 is 26.1 Å². The maximum Gasteiger partial charge on any atom is 0.164 e. The molecule has 1 aromatic heterocycles. The maximum atomic E-state index is 14.0. The second-order valence-electron chi connectivity index (χ2n) is 4.34. The van der Waals surface area contributed by atoms with E-state index in [0.29, 0.717) is 11.0 Å². The molecule has 0 saturated heterocycles. The minimum absolute atomic E-state index is 0.221. The van der Waals surface area contributed by atoms with Crippen molar-refractivity contribution in [1.82, 2.24) is 15.6 Å². The quantitative estimate of drug-likeness (QED) is 0.549. The van der Waals surface area contributed by atoms with E-state index in [2.05, 4.69) is 15.6 Å². The van der Waals surface area contributed by atoms with E-state index in [0.717, 1.165) is 5.56 Å². The minimum atomic E-state index is -0.899. The Morgan fingerprint density at radius 3 is 2.79 bits per heavy atom. The molecule has 3 rings (SSSR count). The number of pyridine rings is 1. The molecular weight excluding hydrogens is 314 g/mol. The lowest BCUT2D eigenvalue weighted by Gasteiger charge is -2.34. The number of nitrogens with one attached hydrogen (secondary N) is 2. The van der Waals surface area contributed by atoms with Gasteiger partial charge in [-0.3, -0.25) is 5.32 Å². The van der Waals surface area contributed by atoms with Crippen molar-refractivity contribution < 1.29 is 4.39 Å². The summed E-state index contributed by atoms with van der Waals surface area (Å²) in [7, 11) is 1.76. The molecule has 0 radical (unpaired) electrons. The van der Waals surface area contributed by atoms with Gasteiger partial charge in [-0.2, -0.15) is 0 Å². The van der Waals surface area contributed by atoms with E-state index in [1.54, 1.807) is 24.2 Å². The van der Waals surface area contributed by atoms with Crippen LogP contribution in [-0.4, -0.2) is 23.2 Å². The highest BCUT2D eigenvalue weighted by Crippen LogP contribution is 2.31. The fraction of sp³-hybridized carbons (Fsp3) is 0.364. The van der Waals surface area contributed by atoms with Crippen LogP contribution in [0.2, 0.25) is 0 Å². The molecule has 19 heavy (non-hydrogen) atoms. The third kappa shape index (κ3) is 2.05. The summed E-state index contributed by atoms with van der Waals surface area (Å²) in [5.41, 5.74) is -1.12. The van der Waals surface area contributed by atoms with Gasteiger partial charge in [0, 0.05) is 24.0 Å². The number of hydrogen-bond acceptors (Lipinski definition) is 4. The second kappa shape index (κ2) is 4.66. The van der Waals surface area contributed by atoms with Crippen molar-refractivity contribution in [2.24, 2.45) is 0 Å². The molecule has 2 N–H and O–H groups in total. The number of alkyl halides is 3. The van der Waals surface area contributed by atoms with E-state index < -0.39 is 22.5 Å². The summed E-state index contributed by atoms with van der Waals surface area (Å²) >= 11 is 18.1. The van der Waals surface area contributed by atoms with Crippen LogP contribution in [0.1, 0.15) is 11.1 Å². The molecule has 0 aromatic carbocycles. The molecular formula is C11H10Cl3FN4. The Morgan fingerprint density at radius 2 is 2.05 bits per heavy atom. The Balaban J connectivity index is 2.30. The van der Waals surface area contributed by atoms with Crippen LogP contribution >= 0.6 is 34.8 Å². The second-order valence-corrected chi connectivity index (χ2v) is 5.62. The van der Waals surface area contributed by atoms with Gasteiger partial charge in [-0.1, -0.05) is 23.2 Å². The van der Waals surface area contributed by atoms with Crippen molar-refractivity contribution in [1.29, 1.82) is 0 Å². The van der Waals surface area contributed by atoms with E-state index in [-0.39, 0.29) is 5.35 Å². The number of halogens is 4. The van der Waals surface area contributed by atoms with Crippen molar-refractivity contribution in [3.8, 4) is 0 Å².